The lowest BCUT2D eigenvalue weighted by molar-refractivity contribution is -0.130. The van der Waals surface area contributed by atoms with Gasteiger partial charge in [-0.1, -0.05) is 42.1 Å². The summed E-state index contributed by atoms with van der Waals surface area (Å²) >= 11 is 1.64. The standard InChI is InChI=1S/C20H24N2O3S2/c1-2-22(16-12-13-27(24,25)15-16)20(23)14-21-18-10-6-7-11-19(18)26-17-8-4-3-5-9-17/h3-11,16,21H,2,12-15H2,1H3. The number of anilines is 1. The largest absolute Gasteiger partial charge is 0.375 e. The van der Waals surface area contributed by atoms with E-state index in [1.807, 2.05) is 61.5 Å². The highest BCUT2D eigenvalue weighted by Crippen LogP contribution is 2.33. The van der Waals surface area contributed by atoms with Gasteiger partial charge >= 0.3 is 0 Å². The topological polar surface area (TPSA) is 66.5 Å². The molecule has 0 aliphatic carbocycles. The van der Waals surface area contributed by atoms with E-state index in [1.165, 1.54) is 0 Å². The fourth-order valence-electron chi connectivity index (χ4n) is 3.25. The molecule has 0 bridgehead atoms. The lowest BCUT2D eigenvalue weighted by Crippen LogP contribution is -2.43. The lowest BCUT2D eigenvalue weighted by atomic mass is 10.2. The molecule has 1 saturated heterocycles. The van der Waals surface area contributed by atoms with Gasteiger partial charge in [-0.25, -0.2) is 8.42 Å². The normalized spacial score (nSPS) is 18.2. The van der Waals surface area contributed by atoms with Gasteiger partial charge in [0.05, 0.1) is 18.1 Å². The molecule has 1 atom stereocenters. The van der Waals surface area contributed by atoms with Crippen molar-refractivity contribution in [2.75, 3.05) is 29.9 Å². The molecule has 0 saturated carbocycles. The molecule has 7 heteroatoms. The molecule has 1 aliphatic rings. The highest BCUT2D eigenvalue weighted by molar-refractivity contribution is 7.99. The number of amides is 1. The van der Waals surface area contributed by atoms with E-state index in [-0.39, 0.29) is 30.0 Å². The van der Waals surface area contributed by atoms with Crippen molar-refractivity contribution in [3.63, 3.8) is 0 Å². The third-order valence-electron chi connectivity index (χ3n) is 4.60. The fourth-order valence-corrected chi connectivity index (χ4v) is 5.92. The molecular formula is C20H24N2O3S2. The van der Waals surface area contributed by atoms with Gasteiger partial charge in [-0.05, 0) is 37.6 Å². The number of sulfone groups is 1. The molecular weight excluding hydrogens is 380 g/mol. The van der Waals surface area contributed by atoms with Gasteiger partial charge in [0.25, 0.3) is 0 Å². The fraction of sp³-hybridized carbons (Fsp3) is 0.350. The summed E-state index contributed by atoms with van der Waals surface area (Å²) < 4.78 is 23.5. The summed E-state index contributed by atoms with van der Waals surface area (Å²) in [6.45, 7) is 2.56. The minimum absolute atomic E-state index is 0.0703. The summed E-state index contributed by atoms with van der Waals surface area (Å²) in [6.07, 6.45) is 0.530. The number of likely N-dealkylation sites (N-methyl/N-ethyl adjacent to an activating group) is 1. The van der Waals surface area contributed by atoms with Crippen LogP contribution in [-0.4, -0.2) is 49.9 Å². The number of nitrogens with zero attached hydrogens (tertiary/aromatic N) is 1. The van der Waals surface area contributed by atoms with Crippen LogP contribution in [0.5, 0.6) is 0 Å². The van der Waals surface area contributed by atoms with E-state index in [1.54, 1.807) is 16.7 Å². The maximum Gasteiger partial charge on any atom is 0.242 e. The second-order valence-electron chi connectivity index (χ2n) is 6.50. The SMILES string of the molecule is CCN(C(=O)CNc1ccccc1Sc1ccccc1)C1CCS(=O)(=O)C1. The number of rotatable bonds is 7. The summed E-state index contributed by atoms with van der Waals surface area (Å²) in [7, 11) is -3.01. The summed E-state index contributed by atoms with van der Waals surface area (Å²) in [5, 5.41) is 3.23. The summed E-state index contributed by atoms with van der Waals surface area (Å²) in [6, 6.07) is 17.7. The second kappa shape index (κ2) is 8.80. The zero-order valence-electron chi connectivity index (χ0n) is 15.3. The van der Waals surface area contributed by atoms with Crippen LogP contribution in [0.1, 0.15) is 13.3 Å². The van der Waals surface area contributed by atoms with Crippen molar-refractivity contribution in [2.24, 2.45) is 0 Å². The van der Waals surface area contributed by atoms with Crippen molar-refractivity contribution in [1.82, 2.24) is 4.90 Å². The summed E-state index contributed by atoms with van der Waals surface area (Å²) in [4.78, 5) is 16.5. The first kappa shape index (κ1) is 19.8. The van der Waals surface area contributed by atoms with Gasteiger partial charge in [-0.2, -0.15) is 0 Å². The third kappa shape index (κ3) is 5.26. The molecule has 1 fully saturated rings. The van der Waals surface area contributed by atoms with Crippen molar-refractivity contribution in [3.05, 3.63) is 54.6 Å². The predicted octanol–water partition coefficient (Wildman–Crippen LogP) is 3.29. The van der Waals surface area contributed by atoms with E-state index < -0.39 is 9.84 Å². The average Bonchev–Trinajstić information content (AvgIpc) is 3.02. The van der Waals surface area contributed by atoms with Gasteiger partial charge < -0.3 is 10.2 Å². The maximum absolute atomic E-state index is 12.7. The average molecular weight is 405 g/mol. The van der Waals surface area contributed by atoms with Crippen molar-refractivity contribution in [3.8, 4) is 0 Å². The lowest BCUT2D eigenvalue weighted by Gasteiger charge is -2.27. The van der Waals surface area contributed by atoms with Gasteiger partial charge in [-0.15, -0.1) is 0 Å². The summed E-state index contributed by atoms with van der Waals surface area (Å²) in [5.41, 5.74) is 0.898. The molecule has 0 radical (unpaired) electrons. The van der Waals surface area contributed by atoms with E-state index in [9.17, 15) is 13.2 Å². The van der Waals surface area contributed by atoms with Gasteiger partial charge in [0.15, 0.2) is 9.84 Å². The van der Waals surface area contributed by atoms with E-state index in [4.69, 9.17) is 0 Å². The van der Waals surface area contributed by atoms with Crippen molar-refractivity contribution < 1.29 is 13.2 Å². The van der Waals surface area contributed by atoms with Crippen LogP contribution in [0.15, 0.2) is 64.4 Å². The minimum atomic E-state index is -3.01. The molecule has 1 unspecified atom stereocenters. The van der Waals surface area contributed by atoms with Gasteiger partial charge in [-0.3, -0.25) is 4.79 Å². The molecule has 27 heavy (non-hydrogen) atoms. The highest BCUT2D eigenvalue weighted by Gasteiger charge is 2.33. The van der Waals surface area contributed by atoms with Crippen LogP contribution in [-0.2, 0) is 14.6 Å². The molecule has 2 aromatic rings. The Morgan fingerprint density at radius 1 is 1.15 bits per heavy atom. The highest BCUT2D eigenvalue weighted by atomic mass is 32.2. The van der Waals surface area contributed by atoms with Crippen LogP contribution in [0.2, 0.25) is 0 Å². The number of hydrogen-bond donors (Lipinski definition) is 1. The number of para-hydroxylation sites is 1. The smallest absolute Gasteiger partial charge is 0.242 e. The van der Waals surface area contributed by atoms with Gasteiger partial charge in [0.2, 0.25) is 5.91 Å². The van der Waals surface area contributed by atoms with Crippen LogP contribution >= 0.6 is 11.8 Å². The molecule has 2 aromatic carbocycles. The molecule has 1 N–H and O–H groups in total. The van der Waals surface area contributed by atoms with E-state index >= 15 is 0 Å². The molecule has 1 heterocycles. The Hall–Kier alpha value is -1.99. The first-order chi connectivity index (χ1) is 13.0. The minimum Gasteiger partial charge on any atom is -0.375 e. The van der Waals surface area contributed by atoms with E-state index in [0.717, 1.165) is 15.5 Å². The number of carbonyl (C=O) groups excluding carboxylic acids is 1. The molecule has 3 rings (SSSR count). The molecule has 0 aromatic heterocycles. The Kier molecular flexibility index (Phi) is 6.44. The van der Waals surface area contributed by atoms with Crippen LogP contribution in [0.3, 0.4) is 0 Å². The predicted molar refractivity (Wildman–Crippen MR) is 110 cm³/mol. The van der Waals surface area contributed by atoms with Crippen LogP contribution in [0.4, 0.5) is 5.69 Å². The Bertz CT molecular complexity index is 885. The molecule has 5 nitrogen and oxygen atoms in total. The van der Waals surface area contributed by atoms with Crippen LogP contribution in [0.25, 0.3) is 0 Å². The monoisotopic (exact) mass is 404 g/mol. The summed E-state index contributed by atoms with van der Waals surface area (Å²) in [5.74, 6) is 0.178. The maximum atomic E-state index is 12.7. The van der Waals surface area contributed by atoms with E-state index in [0.29, 0.717) is 13.0 Å². The number of hydrogen-bond acceptors (Lipinski definition) is 5. The number of carbonyl (C=O) groups is 1. The molecule has 0 spiro atoms. The Labute approximate surface area is 165 Å². The first-order valence-electron chi connectivity index (χ1n) is 9.04. The van der Waals surface area contributed by atoms with Crippen molar-refractivity contribution >= 4 is 33.2 Å². The number of benzene rings is 2. The molecule has 144 valence electrons. The quantitative estimate of drug-likeness (QED) is 0.767. The zero-order valence-corrected chi connectivity index (χ0v) is 16.9. The van der Waals surface area contributed by atoms with Gasteiger partial charge in [0.1, 0.15) is 0 Å². The van der Waals surface area contributed by atoms with Crippen molar-refractivity contribution in [1.29, 1.82) is 0 Å². The third-order valence-corrected chi connectivity index (χ3v) is 7.43. The van der Waals surface area contributed by atoms with Crippen LogP contribution < -0.4 is 5.32 Å². The molecule has 1 aliphatic heterocycles. The van der Waals surface area contributed by atoms with Gasteiger partial charge in [0, 0.05) is 28.1 Å². The van der Waals surface area contributed by atoms with Crippen LogP contribution in [0, 0.1) is 0 Å². The molecule has 1 amide bonds. The Morgan fingerprint density at radius 2 is 1.85 bits per heavy atom. The van der Waals surface area contributed by atoms with E-state index in [2.05, 4.69) is 5.32 Å². The Balaban J connectivity index is 1.65. The first-order valence-corrected chi connectivity index (χ1v) is 11.7. The second-order valence-corrected chi connectivity index (χ2v) is 9.85. The Morgan fingerprint density at radius 3 is 2.52 bits per heavy atom. The zero-order chi connectivity index (χ0) is 19.3. The van der Waals surface area contributed by atoms with Crippen molar-refractivity contribution in [2.45, 2.75) is 29.2 Å². The number of nitrogens with one attached hydrogen (secondary N) is 1.